The van der Waals surface area contributed by atoms with Gasteiger partial charge in [0.15, 0.2) is 0 Å². The van der Waals surface area contributed by atoms with Crippen molar-refractivity contribution in [2.24, 2.45) is 5.73 Å². The monoisotopic (exact) mass is 785 g/mol. The van der Waals surface area contributed by atoms with E-state index < -0.39 is 20.0 Å². The topological polar surface area (TPSA) is 131 Å². The minimum Gasteiger partial charge on any atom is -0.391 e. The lowest BCUT2D eigenvalue weighted by Gasteiger charge is -2.25. The molecule has 0 radical (unpaired) electrons. The molecule has 8 nitrogen and oxygen atoms in total. The molecule has 54 heavy (non-hydrogen) atoms. The summed E-state index contributed by atoms with van der Waals surface area (Å²) in [5, 5.41) is 13.8. The average molecular weight is 785 g/mol. The Balaban J connectivity index is 4.09. The number of hydrogen-bond acceptors (Lipinski definition) is 6. The quantitative estimate of drug-likeness (QED) is 0.0275. The van der Waals surface area contributed by atoms with Crippen LogP contribution < -0.4 is 11.1 Å². The molecule has 0 aromatic heterocycles. The van der Waals surface area contributed by atoms with Crippen LogP contribution in [0.1, 0.15) is 226 Å². The predicted octanol–water partition coefficient (Wildman–Crippen LogP) is 12.9. The van der Waals surface area contributed by atoms with Crippen molar-refractivity contribution >= 4 is 13.7 Å². The van der Waals surface area contributed by atoms with Crippen LogP contribution in [0.2, 0.25) is 0 Å². The van der Waals surface area contributed by atoms with Gasteiger partial charge in [0.25, 0.3) is 0 Å². The van der Waals surface area contributed by atoms with E-state index in [0.29, 0.717) is 12.8 Å². The first-order chi connectivity index (χ1) is 26.4. The highest BCUT2D eigenvalue weighted by molar-refractivity contribution is 7.47. The third-order valence-electron chi connectivity index (χ3n) is 10.3. The summed E-state index contributed by atoms with van der Waals surface area (Å²) in [6.07, 6.45) is 47.6. The fraction of sp³-hybridized carbons (Fsp3) is 0.889. The number of phosphoric ester groups is 1. The van der Waals surface area contributed by atoms with Gasteiger partial charge in [-0.25, -0.2) is 4.57 Å². The number of rotatable bonds is 43. The van der Waals surface area contributed by atoms with Crippen LogP contribution in [0.3, 0.4) is 0 Å². The molecule has 0 aliphatic heterocycles. The molecule has 0 aliphatic carbocycles. The summed E-state index contributed by atoms with van der Waals surface area (Å²) in [5.41, 5.74) is 5.38. The molecule has 1 amide bonds. The number of aliphatic hydroxyl groups excluding tert-OH is 1. The summed E-state index contributed by atoms with van der Waals surface area (Å²) in [7, 11) is -4.32. The molecule has 0 aromatic rings. The second-order valence-corrected chi connectivity index (χ2v) is 17.1. The zero-order valence-corrected chi connectivity index (χ0v) is 36.4. The van der Waals surface area contributed by atoms with Gasteiger partial charge in [0.1, 0.15) is 0 Å². The van der Waals surface area contributed by atoms with Crippen molar-refractivity contribution in [1.29, 1.82) is 0 Å². The number of carbonyl (C=O) groups is 1. The number of aliphatic hydroxyl groups is 1. The lowest BCUT2D eigenvalue weighted by atomic mass is 10.0. The van der Waals surface area contributed by atoms with E-state index in [9.17, 15) is 19.4 Å². The Hall–Kier alpha value is -1.02. The zero-order valence-electron chi connectivity index (χ0n) is 35.5. The van der Waals surface area contributed by atoms with E-state index in [4.69, 9.17) is 14.8 Å². The van der Waals surface area contributed by atoms with Crippen molar-refractivity contribution in [3.8, 4) is 0 Å². The summed E-state index contributed by atoms with van der Waals surface area (Å²) in [4.78, 5) is 22.7. The van der Waals surface area contributed by atoms with Crippen LogP contribution >= 0.6 is 7.82 Å². The molecule has 3 atom stereocenters. The van der Waals surface area contributed by atoms with E-state index in [2.05, 4.69) is 43.5 Å². The van der Waals surface area contributed by atoms with Gasteiger partial charge in [-0.05, 0) is 38.5 Å². The van der Waals surface area contributed by atoms with E-state index in [1.807, 2.05) is 0 Å². The van der Waals surface area contributed by atoms with Crippen LogP contribution in [0.25, 0.3) is 0 Å². The van der Waals surface area contributed by atoms with Crippen molar-refractivity contribution in [1.82, 2.24) is 5.32 Å². The van der Waals surface area contributed by atoms with Gasteiger partial charge >= 0.3 is 7.82 Å². The Morgan fingerprint density at radius 2 is 1.04 bits per heavy atom. The normalized spacial score (nSPS) is 14.2. The van der Waals surface area contributed by atoms with Gasteiger partial charge in [0.05, 0.1) is 25.4 Å². The van der Waals surface area contributed by atoms with Gasteiger partial charge in [0.2, 0.25) is 5.91 Å². The van der Waals surface area contributed by atoms with Crippen molar-refractivity contribution in [3.63, 3.8) is 0 Å². The van der Waals surface area contributed by atoms with Gasteiger partial charge in [-0.15, -0.1) is 0 Å². The van der Waals surface area contributed by atoms with E-state index in [1.54, 1.807) is 0 Å². The highest BCUT2D eigenvalue weighted by Crippen LogP contribution is 2.43. The van der Waals surface area contributed by atoms with Gasteiger partial charge in [-0.3, -0.25) is 13.8 Å². The molecule has 0 heterocycles. The van der Waals surface area contributed by atoms with E-state index >= 15 is 0 Å². The lowest BCUT2D eigenvalue weighted by molar-refractivity contribution is -0.123. The van der Waals surface area contributed by atoms with Crippen molar-refractivity contribution in [2.45, 2.75) is 238 Å². The Bertz CT molecular complexity index is 901. The number of phosphoric acid groups is 1. The fourth-order valence-electron chi connectivity index (χ4n) is 6.80. The van der Waals surface area contributed by atoms with Crippen molar-refractivity contribution < 1.29 is 28.4 Å². The van der Waals surface area contributed by atoms with Gasteiger partial charge in [-0.2, -0.15) is 0 Å². The maximum atomic E-state index is 12.8. The molecule has 0 aromatic carbocycles. The summed E-state index contributed by atoms with van der Waals surface area (Å²) >= 11 is 0. The fourth-order valence-corrected chi connectivity index (χ4v) is 7.56. The number of hydrogen-bond donors (Lipinski definition) is 4. The first-order valence-corrected chi connectivity index (χ1v) is 24.4. The first-order valence-electron chi connectivity index (χ1n) is 23.0. The van der Waals surface area contributed by atoms with E-state index in [1.165, 1.54) is 135 Å². The number of allylic oxidation sites excluding steroid dienone is 4. The minimum atomic E-state index is -4.32. The molecule has 0 aliphatic rings. The van der Waals surface area contributed by atoms with Crippen LogP contribution in [0, 0.1) is 0 Å². The van der Waals surface area contributed by atoms with Gasteiger partial charge in [-0.1, -0.05) is 205 Å². The number of nitrogens with two attached hydrogens (primary N) is 1. The first kappa shape index (κ1) is 53.0. The SMILES string of the molecule is CCCC/C=C\C/C=C\CCCCCCCC(=O)NC(COP(=O)(O)OCCN)C(O)CCCCCCCCCCCCCCCCCCCCCCC. The largest absolute Gasteiger partial charge is 0.472 e. The third-order valence-corrected chi connectivity index (χ3v) is 11.3. The molecule has 5 N–H and O–H groups in total. The Labute approximate surface area is 334 Å². The number of nitrogens with one attached hydrogen (secondary N) is 1. The van der Waals surface area contributed by atoms with E-state index in [-0.39, 0.29) is 25.7 Å². The highest BCUT2D eigenvalue weighted by Gasteiger charge is 2.27. The summed E-state index contributed by atoms with van der Waals surface area (Å²) in [5.74, 6) is -0.174. The third kappa shape index (κ3) is 39.2. The highest BCUT2D eigenvalue weighted by atomic mass is 31.2. The van der Waals surface area contributed by atoms with Crippen LogP contribution in [0.15, 0.2) is 24.3 Å². The average Bonchev–Trinajstić information content (AvgIpc) is 3.16. The minimum absolute atomic E-state index is 0.0870. The molecule has 0 fully saturated rings. The molecule has 0 saturated carbocycles. The lowest BCUT2D eigenvalue weighted by Crippen LogP contribution is -2.46. The summed E-state index contributed by atoms with van der Waals surface area (Å²) in [6.45, 7) is 4.17. The second kappa shape index (κ2) is 41.6. The van der Waals surface area contributed by atoms with Crippen LogP contribution in [0.4, 0.5) is 0 Å². The molecule has 3 unspecified atom stereocenters. The molecule has 9 heteroatoms. The molecule has 0 spiro atoms. The van der Waals surface area contributed by atoms with Gasteiger partial charge in [0, 0.05) is 13.0 Å². The van der Waals surface area contributed by atoms with E-state index in [0.717, 1.165) is 64.2 Å². The Kier molecular flexibility index (Phi) is 40.8. The van der Waals surface area contributed by atoms with Crippen molar-refractivity contribution in [3.05, 3.63) is 24.3 Å². The molecular formula is C45H89N2O6P. The summed E-state index contributed by atoms with van der Waals surface area (Å²) in [6, 6.07) is -0.780. The predicted molar refractivity (Wildman–Crippen MR) is 231 cm³/mol. The number of amides is 1. The molecule has 320 valence electrons. The van der Waals surface area contributed by atoms with Crippen LogP contribution in [-0.2, 0) is 18.4 Å². The maximum absolute atomic E-state index is 12.8. The van der Waals surface area contributed by atoms with Crippen molar-refractivity contribution in [2.75, 3.05) is 19.8 Å². The number of unbranched alkanes of at least 4 members (excludes halogenated alkanes) is 27. The molecule has 0 saturated heterocycles. The smallest absolute Gasteiger partial charge is 0.391 e. The standard InChI is InChI=1S/C45H89N2O6P/c1-3-5-7-9-11-13-15-17-19-20-21-22-23-24-25-26-28-30-32-34-36-38-44(48)43(42-53-54(50,51)52-41-40-46)47-45(49)39-37-35-33-31-29-27-18-16-14-12-10-8-6-4-2/h10,12,16,18,43-44,48H,3-9,11,13-15,17,19-42,46H2,1-2H3,(H,47,49)(H,50,51)/b12-10-,18-16-. The van der Waals surface area contributed by atoms with Crippen LogP contribution in [-0.4, -0.2) is 47.8 Å². The molecule has 0 rings (SSSR count). The molecular weight excluding hydrogens is 695 g/mol. The van der Waals surface area contributed by atoms with Crippen LogP contribution in [0.5, 0.6) is 0 Å². The van der Waals surface area contributed by atoms with Gasteiger partial charge < -0.3 is 21.1 Å². The Morgan fingerprint density at radius 1 is 0.611 bits per heavy atom. The second-order valence-electron chi connectivity index (χ2n) is 15.6. The zero-order chi connectivity index (χ0) is 39.6. The maximum Gasteiger partial charge on any atom is 0.472 e. The molecule has 0 bridgehead atoms. The number of carbonyl (C=O) groups excluding carboxylic acids is 1. The summed E-state index contributed by atoms with van der Waals surface area (Å²) < 4.78 is 22.2. The Morgan fingerprint density at radius 3 is 1.52 bits per heavy atom.